The molecule has 0 spiro atoms. The zero-order valence-electron chi connectivity index (χ0n) is 20.3. The summed E-state index contributed by atoms with van der Waals surface area (Å²) in [6.45, 7) is 8.73. The molecule has 0 atom stereocenters. The number of primary amides is 1. The standard InChI is InChI=1S/C25H32N8O2/c1-3-15-13-17(32-11-9-31(10-12-32)16-5-6-16)7-8-19(15)29-25-28-14-18-21(34)20(23(27)35)22(26)33(4-2)24(18)30-25/h7-8,13-14,16H,3-6,9-12,26H2,1-2H3,(H2,27,35)(H,28,29,30). The van der Waals surface area contributed by atoms with Gasteiger partial charge in [-0.1, -0.05) is 6.92 Å². The van der Waals surface area contributed by atoms with E-state index < -0.39 is 11.3 Å². The van der Waals surface area contributed by atoms with Crippen LogP contribution in [0.1, 0.15) is 42.6 Å². The summed E-state index contributed by atoms with van der Waals surface area (Å²) in [5.41, 5.74) is 14.4. The van der Waals surface area contributed by atoms with Crippen molar-refractivity contribution in [2.45, 2.75) is 45.7 Å². The number of carbonyl (C=O) groups excluding carboxylic acids is 1. The lowest BCUT2D eigenvalue weighted by atomic mass is 10.1. The van der Waals surface area contributed by atoms with E-state index in [0.717, 1.165) is 49.9 Å². The number of hydrogen-bond acceptors (Lipinski definition) is 8. The summed E-state index contributed by atoms with van der Waals surface area (Å²) in [5.74, 6) is -0.492. The number of pyridine rings is 1. The highest BCUT2D eigenvalue weighted by atomic mass is 16.2. The summed E-state index contributed by atoms with van der Waals surface area (Å²) in [6, 6.07) is 7.24. The molecule has 1 aliphatic carbocycles. The van der Waals surface area contributed by atoms with Gasteiger partial charge in [-0.3, -0.25) is 14.5 Å². The fourth-order valence-electron chi connectivity index (χ4n) is 4.95. The van der Waals surface area contributed by atoms with Crippen molar-refractivity contribution >= 4 is 40.1 Å². The second-order valence-corrected chi connectivity index (χ2v) is 9.20. The molecule has 0 radical (unpaired) electrons. The summed E-state index contributed by atoms with van der Waals surface area (Å²) < 4.78 is 1.61. The number of nitrogens with zero attached hydrogens (tertiary/aromatic N) is 5. The van der Waals surface area contributed by atoms with Gasteiger partial charge < -0.3 is 26.3 Å². The van der Waals surface area contributed by atoms with Gasteiger partial charge in [0.1, 0.15) is 11.4 Å². The van der Waals surface area contributed by atoms with Crippen LogP contribution in [0.5, 0.6) is 0 Å². The van der Waals surface area contributed by atoms with Gasteiger partial charge in [0, 0.05) is 56.3 Å². The maximum atomic E-state index is 12.8. The monoisotopic (exact) mass is 476 g/mol. The molecule has 5 N–H and O–H groups in total. The van der Waals surface area contributed by atoms with E-state index in [4.69, 9.17) is 11.5 Å². The van der Waals surface area contributed by atoms with Crippen LogP contribution in [-0.4, -0.2) is 57.6 Å². The quantitative estimate of drug-likeness (QED) is 0.472. The number of rotatable bonds is 7. The van der Waals surface area contributed by atoms with E-state index in [1.165, 1.54) is 24.7 Å². The van der Waals surface area contributed by atoms with Crippen LogP contribution < -0.4 is 27.1 Å². The Kier molecular flexibility index (Phi) is 6.06. The van der Waals surface area contributed by atoms with Crippen molar-refractivity contribution in [2.75, 3.05) is 42.1 Å². The number of aryl methyl sites for hydroxylation is 2. The van der Waals surface area contributed by atoms with Gasteiger partial charge in [0.05, 0.1) is 5.39 Å². The Balaban J connectivity index is 1.42. The number of carbonyl (C=O) groups is 1. The van der Waals surface area contributed by atoms with Crippen LogP contribution in [0.15, 0.2) is 29.2 Å². The molecule has 2 fully saturated rings. The third-order valence-electron chi connectivity index (χ3n) is 7.06. The average Bonchev–Trinajstić information content (AvgIpc) is 3.70. The Hall–Kier alpha value is -3.66. The van der Waals surface area contributed by atoms with Gasteiger partial charge in [-0.2, -0.15) is 4.98 Å². The van der Waals surface area contributed by atoms with Crippen molar-refractivity contribution in [1.29, 1.82) is 0 Å². The van der Waals surface area contributed by atoms with Crippen LogP contribution in [0, 0.1) is 0 Å². The van der Waals surface area contributed by atoms with Gasteiger partial charge in [-0.15, -0.1) is 0 Å². The van der Waals surface area contributed by atoms with E-state index in [9.17, 15) is 9.59 Å². The number of aromatic nitrogens is 3. The Morgan fingerprint density at radius 3 is 2.54 bits per heavy atom. The lowest BCUT2D eigenvalue weighted by Crippen LogP contribution is -2.47. The van der Waals surface area contributed by atoms with Gasteiger partial charge in [-0.25, -0.2) is 4.98 Å². The molecule has 10 heteroatoms. The number of anilines is 4. The van der Waals surface area contributed by atoms with Crippen molar-refractivity contribution in [3.8, 4) is 0 Å². The summed E-state index contributed by atoms with van der Waals surface area (Å²) in [7, 11) is 0. The van der Waals surface area contributed by atoms with E-state index in [1.807, 2.05) is 6.92 Å². The third-order valence-corrected chi connectivity index (χ3v) is 7.06. The Morgan fingerprint density at radius 1 is 1.17 bits per heavy atom. The van der Waals surface area contributed by atoms with Crippen LogP contribution in [-0.2, 0) is 13.0 Å². The molecule has 2 aliphatic rings. The van der Waals surface area contributed by atoms with Gasteiger partial charge in [0.15, 0.2) is 5.65 Å². The fraction of sp³-hybridized carbons (Fsp3) is 0.440. The highest BCUT2D eigenvalue weighted by molar-refractivity contribution is 6.00. The van der Waals surface area contributed by atoms with Crippen molar-refractivity contribution in [3.05, 3.63) is 45.7 Å². The fourth-order valence-corrected chi connectivity index (χ4v) is 4.95. The molecule has 3 aromatic rings. The maximum absolute atomic E-state index is 12.8. The molecular formula is C25H32N8O2. The first kappa shape index (κ1) is 23.1. The molecule has 5 rings (SSSR count). The summed E-state index contributed by atoms with van der Waals surface area (Å²) in [4.78, 5) is 38.5. The summed E-state index contributed by atoms with van der Waals surface area (Å²) in [5, 5.41) is 3.51. The second-order valence-electron chi connectivity index (χ2n) is 9.20. The van der Waals surface area contributed by atoms with Crippen LogP contribution in [0.25, 0.3) is 11.0 Å². The molecule has 1 saturated heterocycles. The van der Waals surface area contributed by atoms with E-state index >= 15 is 0 Å². The van der Waals surface area contributed by atoms with Crippen LogP contribution in [0.4, 0.5) is 23.1 Å². The molecule has 0 bridgehead atoms. The zero-order chi connectivity index (χ0) is 24.7. The number of fused-ring (bicyclic) bond motifs is 1. The molecule has 35 heavy (non-hydrogen) atoms. The molecule has 1 aliphatic heterocycles. The first-order valence-electron chi connectivity index (χ1n) is 12.3. The second kappa shape index (κ2) is 9.18. The molecule has 184 valence electrons. The first-order valence-corrected chi connectivity index (χ1v) is 12.3. The lowest BCUT2D eigenvalue weighted by Gasteiger charge is -2.36. The third kappa shape index (κ3) is 4.29. The first-order chi connectivity index (χ1) is 16.9. The zero-order valence-corrected chi connectivity index (χ0v) is 20.3. The molecular weight excluding hydrogens is 444 g/mol. The Morgan fingerprint density at radius 2 is 1.91 bits per heavy atom. The Labute approximate surface area is 203 Å². The van der Waals surface area contributed by atoms with E-state index in [1.54, 1.807) is 4.57 Å². The van der Waals surface area contributed by atoms with E-state index in [0.29, 0.717) is 18.1 Å². The van der Waals surface area contributed by atoms with E-state index in [2.05, 4.69) is 50.2 Å². The molecule has 0 unspecified atom stereocenters. The van der Waals surface area contributed by atoms with Crippen LogP contribution in [0.3, 0.4) is 0 Å². The molecule has 10 nitrogen and oxygen atoms in total. The molecule has 1 aromatic carbocycles. The maximum Gasteiger partial charge on any atom is 0.256 e. The molecule has 3 heterocycles. The minimum absolute atomic E-state index is 0.0162. The van der Waals surface area contributed by atoms with Gasteiger partial charge in [0.25, 0.3) is 5.91 Å². The van der Waals surface area contributed by atoms with Crippen molar-refractivity contribution in [1.82, 2.24) is 19.4 Å². The lowest BCUT2D eigenvalue weighted by molar-refractivity contribution is 0.1000. The number of nitrogens with one attached hydrogen (secondary N) is 1. The van der Waals surface area contributed by atoms with Crippen LogP contribution >= 0.6 is 0 Å². The smallest absolute Gasteiger partial charge is 0.256 e. The van der Waals surface area contributed by atoms with Crippen molar-refractivity contribution in [2.24, 2.45) is 5.73 Å². The summed E-state index contributed by atoms with van der Waals surface area (Å²) in [6.07, 6.45) is 4.97. The minimum Gasteiger partial charge on any atom is -0.384 e. The number of benzene rings is 1. The average molecular weight is 477 g/mol. The minimum atomic E-state index is -0.861. The van der Waals surface area contributed by atoms with E-state index in [-0.39, 0.29) is 16.8 Å². The summed E-state index contributed by atoms with van der Waals surface area (Å²) >= 11 is 0. The number of amides is 1. The van der Waals surface area contributed by atoms with Crippen LogP contribution in [0.2, 0.25) is 0 Å². The highest BCUT2D eigenvalue weighted by Crippen LogP contribution is 2.30. The van der Waals surface area contributed by atoms with Crippen molar-refractivity contribution in [3.63, 3.8) is 0 Å². The highest BCUT2D eigenvalue weighted by Gasteiger charge is 2.31. The number of nitrogens with two attached hydrogens (primary N) is 2. The van der Waals surface area contributed by atoms with Gasteiger partial charge in [-0.05, 0) is 49.9 Å². The van der Waals surface area contributed by atoms with Gasteiger partial charge >= 0.3 is 0 Å². The topological polar surface area (TPSA) is 135 Å². The Bertz CT molecular complexity index is 1340. The largest absolute Gasteiger partial charge is 0.384 e. The number of nitrogen functional groups attached to an aromatic ring is 1. The normalized spacial score (nSPS) is 16.6. The SMILES string of the molecule is CCc1cc(N2CCN(C3CC3)CC2)ccc1Nc1ncc2c(=O)c(C(N)=O)c(N)n(CC)c2n1. The molecule has 1 saturated carbocycles. The predicted molar refractivity (Wildman–Crippen MR) is 138 cm³/mol. The van der Waals surface area contributed by atoms with Gasteiger partial charge in [0.2, 0.25) is 11.4 Å². The molecule has 1 amide bonds. The van der Waals surface area contributed by atoms with Crippen molar-refractivity contribution < 1.29 is 4.79 Å². The number of piperazine rings is 1. The number of hydrogen-bond donors (Lipinski definition) is 3. The predicted octanol–water partition coefficient (Wildman–Crippen LogP) is 2.08. The molecule has 2 aromatic heterocycles.